The van der Waals surface area contributed by atoms with Gasteiger partial charge in [-0.3, -0.25) is 4.79 Å². The number of hydrogen-bond acceptors (Lipinski definition) is 4. The van der Waals surface area contributed by atoms with Crippen LogP contribution >= 0.6 is 23.5 Å². The van der Waals surface area contributed by atoms with Gasteiger partial charge in [0.2, 0.25) is 5.91 Å². The molecule has 0 aromatic heterocycles. The van der Waals surface area contributed by atoms with Crippen molar-refractivity contribution in [1.29, 1.82) is 0 Å². The van der Waals surface area contributed by atoms with Gasteiger partial charge in [0, 0.05) is 11.5 Å². The van der Waals surface area contributed by atoms with Gasteiger partial charge in [0.15, 0.2) is 0 Å². The van der Waals surface area contributed by atoms with Gasteiger partial charge in [0.1, 0.15) is 12.0 Å². The van der Waals surface area contributed by atoms with Crippen LogP contribution in [-0.2, 0) is 17.0 Å². The molecular weight excluding hydrogens is 393 g/mol. The summed E-state index contributed by atoms with van der Waals surface area (Å²) < 4.78 is 14.1. The van der Waals surface area contributed by atoms with Crippen LogP contribution in [0.2, 0.25) is 0 Å². The first-order valence-corrected chi connectivity index (χ1v) is 12.0. The van der Waals surface area contributed by atoms with E-state index in [1.807, 2.05) is 24.5 Å². The molecule has 2 aromatic rings. The second kappa shape index (κ2) is 12.9. The molecular formula is C22H28FNO2S2. The van der Waals surface area contributed by atoms with E-state index in [0.29, 0.717) is 24.2 Å². The van der Waals surface area contributed by atoms with Crippen molar-refractivity contribution in [2.45, 2.75) is 31.2 Å². The van der Waals surface area contributed by atoms with E-state index >= 15 is 0 Å². The molecule has 0 saturated heterocycles. The van der Waals surface area contributed by atoms with Gasteiger partial charge in [-0.15, -0.1) is 0 Å². The number of carbonyl (C=O) groups is 1. The van der Waals surface area contributed by atoms with Crippen molar-refractivity contribution in [3.63, 3.8) is 0 Å². The molecule has 0 aliphatic carbocycles. The summed E-state index contributed by atoms with van der Waals surface area (Å²) in [4.78, 5) is 12.7. The zero-order chi connectivity index (χ0) is 20.2. The predicted molar refractivity (Wildman–Crippen MR) is 118 cm³/mol. The maximum atomic E-state index is 14.1. The second-order valence-electron chi connectivity index (χ2n) is 6.65. The normalized spacial score (nSPS) is 13.1. The van der Waals surface area contributed by atoms with Crippen molar-refractivity contribution in [2.75, 3.05) is 17.8 Å². The standard InChI is InChI=1S/C22H28FNO2S2/c1-27-13-7-12-21(25)24-22(26)19(14-18-10-5-6-11-20(18)23)16-28-15-17-8-3-2-4-9-17/h2-6,8-11,19,21,25H,7,12-16H2,1H3,(H,24,26). The number of halogens is 1. The molecule has 2 aromatic carbocycles. The largest absolute Gasteiger partial charge is 0.374 e. The van der Waals surface area contributed by atoms with E-state index in [4.69, 9.17) is 0 Å². The Morgan fingerprint density at radius 3 is 2.57 bits per heavy atom. The number of amides is 1. The SMILES string of the molecule is CSCCCC(O)NC(=O)C(CSCc1ccccc1)Cc1ccccc1F. The second-order valence-corrected chi connectivity index (χ2v) is 8.67. The Bertz CT molecular complexity index is 715. The fourth-order valence-electron chi connectivity index (χ4n) is 2.83. The van der Waals surface area contributed by atoms with Gasteiger partial charge in [-0.05, 0) is 48.5 Å². The third-order valence-electron chi connectivity index (χ3n) is 4.36. The number of carbonyl (C=O) groups excluding carboxylic acids is 1. The summed E-state index contributed by atoms with van der Waals surface area (Å²) >= 11 is 3.36. The van der Waals surface area contributed by atoms with Crippen molar-refractivity contribution >= 4 is 29.4 Å². The minimum atomic E-state index is -0.859. The number of rotatable bonds is 12. The summed E-state index contributed by atoms with van der Waals surface area (Å²) in [7, 11) is 0. The highest BCUT2D eigenvalue weighted by molar-refractivity contribution is 7.98. The summed E-state index contributed by atoms with van der Waals surface area (Å²) in [6, 6.07) is 16.6. The Balaban J connectivity index is 1.96. The van der Waals surface area contributed by atoms with Gasteiger partial charge in [-0.2, -0.15) is 23.5 Å². The summed E-state index contributed by atoms with van der Waals surface area (Å²) in [6.45, 7) is 0. The Morgan fingerprint density at radius 2 is 1.86 bits per heavy atom. The zero-order valence-corrected chi connectivity index (χ0v) is 17.8. The van der Waals surface area contributed by atoms with Gasteiger partial charge < -0.3 is 10.4 Å². The number of aliphatic hydroxyl groups is 1. The summed E-state index contributed by atoms with van der Waals surface area (Å²) in [5.41, 5.74) is 1.72. The minimum absolute atomic E-state index is 0.222. The van der Waals surface area contributed by atoms with Crippen molar-refractivity contribution < 1.29 is 14.3 Å². The lowest BCUT2D eigenvalue weighted by Crippen LogP contribution is -2.40. The number of hydrogen-bond donors (Lipinski definition) is 2. The molecule has 6 heteroatoms. The highest BCUT2D eigenvalue weighted by Crippen LogP contribution is 2.20. The Labute approximate surface area is 175 Å². The third kappa shape index (κ3) is 8.25. The van der Waals surface area contributed by atoms with Crippen LogP contribution in [0.5, 0.6) is 0 Å². The highest BCUT2D eigenvalue weighted by atomic mass is 32.2. The van der Waals surface area contributed by atoms with E-state index in [2.05, 4.69) is 17.4 Å². The van der Waals surface area contributed by atoms with Gasteiger partial charge in [0.05, 0.1) is 5.92 Å². The van der Waals surface area contributed by atoms with Gasteiger partial charge >= 0.3 is 0 Å². The number of benzene rings is 2. The lowest BCUT2D eigenvalue weighted by atomic mass is 9.99. The fraction of sp³-hybridized carbons (Fsp3) is 0.409. The molecule has 0 saturated carbocycles. The molecule has 1 amide bonds. The van der Waals surface area contributed by atoms with E-state index in [9.17, 15) is 14.3 Å². The quantitative estimate of drug-likeness (QED) is 0.391. The van der Waals surface area contributed by atoms with Gasteiger partial charge in [0.25, 0.3) is 0 Å². The Morgan fingerprint density at radius 1 is 1.14 bits per heavy atom. The van der Waals surface area contributed by atoms with Crippen LogP contribution in [0.15, 0.2) is 54.6 Å². The molecule has 2 unspecified atom stereocenters. The van der Waals surface area contributed by atoms with E-state index in [0.717, 1.165) is 17.9 Å². The molecule has 0 bridgehead atoms. The first kappa shape index (κ1) is 22.8. The summed E-state index contributed by atoms with van der Waals surface area (Å²) in [5.74, 6) is 1.37. The molecule has 0 spiro atoms. The molecule has 2 rings (SSSR count). The van der Waals surface area contributed by atoms with Crippen LogP contribution in [0.3, 0.4) is 0 Å². The maximum Gasteiger partial charge on any atom is 0.226 e. The van der Waals surface area contributed by atoms with Crippen LogP contribution in [0, 0.1) is 11.7 Å². The zero-order valence-electron chi connectivity index (χ0n) is 16.1. The molecule has 0 fully saturated rings. The molecule has 0 heterocycles. The fourth-order valence-corrected chi connectivity index (χ4v) is 4.38. The highest BCUT2D eigenvalue weighted by Gasteiger charge is 2.22. The first-order chi connectivity index (χ1) is 13.6. The third-order valence-corrected chi connectivity index (χ3v) is 6.23. The van der Waals surface area contributed by atoms with Crippen molar-refractivity contribution in [3.05, 3.63) is 71.5 Å². The lowest BCUT2D eigenvalue weighted by Gasteiger charge is -2.20. The monoisotopic (exact) mass is 421 g/mol. The summed E-state index contributed by atoms with van der Waals surface area (Å²) in [5, 5.41) is 12.8. The van der Waals surface area contributed by atoms with E-state index in [1.54, 1.807) is 41.7 Å². The van der Waals surface area contributed by atoms with Crippen LogP contribution in [0.4, 0.5) is 4.39 Å². The van der Waals surface area contributed by atoms with E-state index in [-0.39, 0.29) is 11.7 Å². The van der Waals surface area contributed by atoms with Crippen LogP contribution in [-0.4, -0.2) is 35.0 Å². The van der Waals surface area contributed by atoms with Gasteiger partial charge in [-0.1, -0.05) is 48.5 Å². The number of aliphatic hydroxyl groups excluding tert-OH is 1. The number of thioether (sulfide) groups is 2. The van der Waals surface area contributed by atoms with Gasteiger partial charge in [-0.25, -0.2) is 4.39 Å². The molecule has 152 valence electrons. The predicted octanol–water partition coefficient (Wildman–Crippen LogP) is 4.50. The van der Waals surface area contributed by atoms with Crippen molar-refractivity contribution in [2.24, 2.45) is 5.92 Å². The van der Waals surface area contributed by atoms with Crippen molar-refractivity contribution in [3.8, 4) is 0 Å². The van der Waals surface area contributed by atoms with Crippen LogP contribution in [0.25, 0.3) is 0 Å². The smallest absolute Gasteiger partial charge is 0.226 e. The van der Waals surface area contributed by atoms with Crippen molar-refractivity contribution in [1.82, 2.24) is 5.32 Å². The molecule has 0 aliphatic rings. The average Bonchev–Trinajstić information content (AvgIpc) is 2.69. The Kier molecular flexibility index (Phi) is 10.5. The summed E-state index contributed by atoms with van der Waals surface area (Å²) in [6.07, 6.45) is 2.83. The van der Waals surface area contributed by atoms with E-state index < -0.39 is 12.1 Å². The average molecular weight is 422 g/mol. The maximum absolute atomic E-state index is 14.1. The minimum Gasteiger partial charge on any atom is -0.374 e. The topological polar surface area (TPSA) is 49.3 Å². The molecule has 2 atom stereocenters. The van der Waals surface area contributed by atoms with Crippen LogP contribution < -0.4 is 5.32 Å². The molecule has 3 nitrogen and oxygen atoms in total. The molecule has 28 heavy (non-hydrogen) atoms. The number of nitrogens with one attached hydrogen (secondary N) is 1. The van der Waals surface area contributed by atoms with Crippen LogP contribution in [0.1, 0.15) is 24.0 Å². The van der Waals surface area contributed by atoms with E-state index in [1.165, 1.54) is 11.6 Å². The molecule has 2 N–H and O–H groups in total. The Hall–Kier alpha value is -1.50. The lowest BCUT2D eigenvalue weighted by molar-refractivity contribution is -0.127. The first-order valence-electron chi connectivity index (χ1n) is 9.42. The molecule has 0 radical (unpaired) electrons. The molecule has 0 aliphatic heterocycles.